The molecule has 0 bridgehead atoms. The van der Waals surface area contributed by atoms with E-state index >= 15 is 0 Å². The zero-order valence-electron chi connectivity index (χ0n) is 5.77. The van der Waals surface area contributed by atoms with Gasteiger partial charge in [-0.2, -0.15) is 0 Å². The Bertz CT molecular complexity index is 287. The number of nitrogens with one attached hydrogen (secondary N) is 1. The molecule has 1 aromatic carbocycles. The Kier molecular flexibility index (Phi) is 1.60. The van der Waals surface area contributed by atoms with Crippen LogP contribution in [0.1, 0.15) is 11.7 Å². The van der Waals surface area contributed by atoms with Crippen LogP contribution in [0.5, 0.6) is 0 Å². The van der Waals surface area contributed by atoms with Gasteiger partial charge in [-0.15, -0.1) is 0 Å². The summed E-state index contributed by atoms with van der Waals surface area (Å²) in [5.74, 6) is 0. The molecule has 1 aromatic rings. The normalized spacial score (nSPS) is 21.1. The first-order chi connectivity index (χ1) is 5.29. The highest BCUT2D eigenvalue weighted by atomic mass is 79.9. The third-order valence-electron chi connectivity index (χ3n) is 1.84. The average molecular weight is 216 g/mol. The number of benzene rings is 1. The first-order valence-corrected chi connectivity index (χ1v) is 4.24. The molecule has 1 nitrogen and oxygen atoms in total. The molecule has 3 heteroatoms. The zero-order chi connectivity index (χ0) is 7.84. The van der Waals surface area contributed by atoms with Gasteiger partial charge in [0, 0.05) is 10.0 Å². The van der Waals surface area contributed by atoms with Gasteiger partial charge >= 0.3 is 0 Å². The fraction of sp³-hybridized carbons (Fsp3) is 0.250. The van der Waals surface area contributed by atoms with E-state index in [1.807, 2.05) is 18.2 Å². The second kappa shape index (κ2) is 2.48. The van der Waals surface area contributed by atoms with Gasteiger partial charge in [0.05, 0.1) is 12.2 Å². The second-order valence-electron chi connectivity index (χ2n) is 2.55. The van der Waals surface area contributed by atoms with E-state index in [1.165, 1.54) is 0 Å². The van der Waals surface area contributed by atoms with Gasteiger partial charge in [0.25, 0.3) is 0 Å². The van der Waals surface area contributed by atoms with Crippen molar-refractivity contribution >= 4 is 21.6 Å². The van der Waals surface area contributed by atoms with E-state index in [2.05, 4.69) is 21.2 Å². The van der Waals surface area contributed by atoms with Gasteiger partial charge in [-0.05, 0) is 22.0 Å². The van der Waals surface area contributed by atoms with E-state index in [1.54, 1.807) is 0 Å². The van der Waals surface area contributed by atoms with Gasteiger partial charge in [0.2, 0.25) is 0 Å². The van der Waals surface area contributed by atoms with Gasteiger partial charge in [0.15, 0.2) is 0 Å². The molecular weight excluding hydrogens is 209 g/mol. The van der Waals surface area contributed by atoms with Crippen LogP contribution in [0.2, 0.25) is 0 Å². The first-order valence-electron chi connectivity index (χ1n) is 3.45. The number of para-hydroxylation sites is 1. The van der Waals surface area contributed by atoms with E-state index in [-0.39, 0.29) is 0 Å². The van der Waals surface area contributed by atoms with Gasteiger partial charge in [-0.25, -0.2) is 4.39 Å². The Morgan fingerprint density at radius 2 is 2.36 bits per heavy atom. The number of hydrogen-bond acceptors (Lipinski definition) is 1. The van der Waals surface area contributed by atoms with Crippen LogP contribution in [0.15, 0.2) is 22.7 Å². The Hall–Kier alpha value is -0.570. The second-order valence-corrected chi connectivity index (χ2v) is 3.41. The lowest BCUT2D eigenvalue weighted by atomic mass is 10.1. The number of hydrogen-bond donors (Lipinski definition) is 1. The first kappa shape index (κ1) is 7.10. The van der Waals surface area contributed by atoms with E-state index in [0.717, 1.165) is 15.7 Å². The van der Waals surface area contributed by atoms with Gasteiger partial charge in [-0.1, -0.05) is 12.1 Å². The number of rotatable bonds is 0. The fourth-order valence-electron chi connectivity index (χ4n) is 1.29. The molecule has 0 amide bonds. The smallest absolute Gasteiger partial charge is 0.144 e. The molecule has 0 spiro atoms. The van der Waals surface area contributed by atoms with Crippen LogP contribution in [0.4, 0.5) is 10.1 Å². The lowest BCUT2D eigenvalue weighted by Crippen LogP contribution is -1.94. The molecule has 1 unspecified atom stereocenters. The quantitative estimate of drug-likeness (QED) is 0.702. The molecule has 1 N–H and O–H groups in total. The average Bonchev–Trinajstić information content (AvgIpc) is 2.35. The van der Waals surface area contributed by atoms with E-state index in [4.69, 9.17) is 0 Å². The lowest BCUT2D eigenvalue weighted by Gasteiger charge is -2.00. The van der Waals surface area contributed by atoms with Crippen molar-refractivity contribution in [1.29, 1.82) is 0 Å². The van der Waals surface area contributed by atoms with Gasteiger partial charge < -0.3 is 5.32 Å². The Morgan fingerprint density at radius 3 is 3.09 bits per heavy atom. The van der Waals surface area contributed by atoms with Crippen LogP contribution < -0.4 is 5.32 Å². The summed E-state index contributed by atoms with van der Waals surface area (Å²) in [7, 11) is 0. The third-order valence-corrected chi connectivity index (χ3v) is 2.50. The van der Waals surface area contributed by atoms with E-state index in [9.17, 15) is 4.39 Å². The summed E-state index contributed by atoms with van der Waals surface area (Å²) in [6, 6.07) is 5.57. The van der Waals surface area contributed by atoms with Crippen molar-refractivity contribution in [2.24, 2.45) is 0 Å². The molecule has 1 heterocycles. The molecule has 0 radical (unpaired) electrons. The predicted octanol–water partition coefficient (Wildman–Crippen LogP) is 2.89. The Morgan fingerprint density at radius 1 is 1.55 bits per heavy atom. The summed E-state index contributed by atoms with van der Waals surface area (Å²) in [4.78, 5) is 0. The standard InChI is InChI=1S/C8H7BrFN/c9-6-3-1-2-5-7(10)4-11-8(5)6/h1-3,7,11H,4H2. The Labute approximate surface area is 72.7 Å². The highest BCUT2D eigenvalue weighted by Crippen LogP contribution is 2.37. The predicted molar refractivity (Wildman–Crippen MR) is 46.5 cm³/mol. The molecule has 0 aliphatic carbocycles. The summed E-state index contributed by atoms with van der Waals surface area (Å²) in [5, 5.41) is 3.00. The molecule has 11 heavy (non-hydrogen) atoms. The molecule has 0 saturated heterocycles. The fourth-order valence-corrected chi connectivity index (χ4v) is 1.81. The van der Waals surface area contributed by atoms with Gasteiger partial charge in [0.1, 0.15) is 6.17 Å². The number of fused-ring (bicyclic) bond motifs is 1. The number of anilines is 1. The minimum atomic E-state index is -0.845. The minimum absolute atomic E-state index is 0.401. The monoisotopic (exact) mass is 215 g/mol. The maximum Gasteiger partial charge on any atom is 0.144 e. The topological polar surface area (TPSA) is 12.0 Å². The largest absolute Gasteiger partial charge is 0.381 e. The van der Waals surface area contributed by atoms with Gasteiger partial charge in [-0.3, -0.25) is 0 Å². The van der Waals surface area contributed by atoms with E-state index in [0.29, 0.717) is 6.54 Å². The van der Waals surface area contributed by atoms with Crippen LogP contribution in [-0.4, -0.2) is 6.54 Å². The van der Waals surface area contributed by atoms with Crippen molar-refractivity contribution in [3.8, 4) is 0 Å². The van der Waals surface area contributed by atoms with Crippen molar-refractivity contribution in [3.63, 3.8) is 0 Å². The maximum atomic E-state index is 13.0. The number of alkyl halides is 1. The molecule has 1 atom stereocenters. The maximum absolute atomic E-state index is 13.0. The van der Waals surface area contributed by atoms with Crippen molar-refractivity contribution in [2.75, 3.05) is 11.9 Å². The summed E-state index contributed by atoms with van der Waals surface area (Å²) in [5.41, 5.74) is 1.67. The zero-order valence-corrected chi connectivity index (χ0v) is 7.36. The van der Waals surface area contributed by atoms with Crippen molar-refractivity contribution < 1.29 is 4.39 Å². The minimum Gasteiger partial charge on any atom is -0.381 e. The molecule has 1 aliphatic rings. The van der Waals surface area contributed by atoms with Crippen molar-refractivity contribution in [2.45, 2.75) is 6.17 Å². The SMILES string of the molecule is FC1CNc2c(Br)cccc21. The van der Waals surface area contributed by atoms with Crippen LogP contribution in [0.3, 0.4) is 0 Å². The highest BCUT2D eigenvalue weighted by Gasteiger charge is 2.22. The molecule has 0 fully saturated rings. The van der Waals surface area contributed by atoms with Crippen LogP contribution >= 0.6 is 15.9 Å². The highest BCUT2D eigenvalue weighted by molar-refractivity contribution is 9.10. The summed E-state index contributed by atoms with van der Waals surface area (Å²) >= 11 is 3.35. The summed E-state index contributed by atoms with van der Waals surface area (Å²) in [6.45, 7) is 0.401. The number of halogens is 2. The molecule has 0 aromatic heterocycles. The lowest BCUT2D eigenvalue weighted by molar-refractivity contribution is 0.373. The van der Waals surface area contributed by atoms with Crippen molar-refractivity contribution in [1.82, 2.24) is 0 Å². The van der Waals surface area contributed by atoms with Crippen LogP contribution in [0.25, 0.3) is 0 Å². The third kappa shape index (κ3) is 1.03. The summed E-state index contributed by atoms with van der Waals surface area (Å²) in [6.07, 6.45) is -0.845. The molecule has 58 valence electrons. The molecule has 0 saturated carbocycles. The molecular formula is C8H7BrFN. The summed E-state index contributed by atoms with van der Waals surface area (Å²) < 4.78 is 14.0. The van der Waals surface area contributed by atoms with Crippen LogP contribution in [-0.2, 0) is 0 Å². The van der Waals surface area contributed by atoms with Crippen LogP contribution in [0, 0.1) is 0 Å². The Balaban J connectivity index is 2.57. The van der Waals surface area contributed by atoms with E-state index < -0.39 is 6.17 Å². The molecule has 1 aliphatic heterocycles. The molecule has 2 rings (SSSR count). The van der Waals surface area contributed by atoms with Crippen molar-refractivity contribution in [3.05, 3.63) is 28.2 Å².